The van der Waals surface area contributed by atoms with Gasteiger partial charge in [0.1, 0.15) is 5.82 Å². The molecule has 108 valence electrons. The summed E-state index contributed by atoms with van der Waals surface area (Å²) in [5.74, 6) is -0.252. The van der Waals surface area contributed by atoms with E-state index in [1.807, 2.05) is 17.9 Å². The summed E-state index contributed by atoms with van der Waals surface area (Å²) in [6.45, 7) is 7.02. The van der Waals surface area contributed by atoms with Crippen LogP contribution in [0.1, 0.15) is 32.0 Å². The Labute approximate surface area is 127 Å². The quantitative estimate of drug-likeness (QED) is 0.906. The van der Waals surface area contributed by atoms with Crippen molar-refractivity contribution in [3.63, 3.8) is 0 Å². The first-order valence-corrected chi connectivity index (χ1v) is 7.28. The van der Waals surface area contributed by atoms with Crippen molar-refractivity contribution in [2.24, 2.45) is 7.05 Å². The lowest BCUT2D eigenvalue weighted by Gasteiger charge is -2.18. The molecule has 1 aromatic heterocycles. The van der Waals surface area contributed by atoms with E-state index in [4.69, 9.17) is 0 Å². The van der Waals surface area contributed by atoms with E-state index < -0.39 is 0 Å². The van der Waals surface area contributed by atoms with Gasteiger partial charge in [-0.3, -0.25) is 4.68 Å². The minimum Gasteiger partial charge on any atom is -0.380 e. The van der Waals surface area contributed by atoms with E-state index in [1.165, 1.54) is 12.1 Å². The summed E-state index contributed by atoms with van der Waals surface area (Å²) in [6, 6.07) is 4.61. The number of hydrogen-bond acceptors (Lipinski definition) is 2. The Morgan fingerprint density at radius 1 is 1.35 bits per heavy atom. The zero-order chi connectivity index (χ0) is 14.9. The molecule has 5 heteroatoms. The number of nitrogens with zero attached hydrogens (tertiary/aromatic N) is 2. The highest BCUT2D eigenvalue weighted by atomic mass is 79.9. The van der Waals surface area contributed by atoms with Gasteiger partial charge in [-0.2, -0.15) is 5.10 Å². The van der Waals surface area contributed by atoms with Gasteiger partial charge in [0.25, 0.3) is 0 Å². The van der Waals surface area contributed by atoms with E-state index in [2.05, 4.69) is 47.1 Å². The number of aromatic nitrogens is 2. The second-order valence-electron chi connectivity index (χ2n) is 5.90. The van der Waals surface area contributed by atoms with Crippen molar-refractivity contribution < 1.29 is 4.39 Å². The number of anilines is 1. The van der Waals surface area contributed by atoms with Crippen molar-refractivity contribution in [3.05, 3.63) is 45.9 Å². The topological polar surface area (TPSA) is 29.9 Å². The molecule has 1 N–H and O–H groups in total. The Morgan fingerprint density at radius 3 is 2.70 bits per heavy atom. The third-order valence-corrected chi connectivity index (χ3v) is 3.70. The average Bonchev–Trinajstić information content (AvgIpc) is 2.72. The summed E-state index contributed by atoms with van der Waals surface area (Å²) >= 11 is 3.42. The molecule has 2 aromatic rings. The van der Waals surface area contributed by atoms with Gasteiger partial charge in [0.15, 0.2) is 0 Å². The zero-order valence-corrected chi connectivity index (χ0v) is 13.8. The normalized spacial score (nSPS) is 11.7. The molecule has 0 spiro atoms. The molecule has 0 fully saturated rings. The Morgan fingerprint density at radius 2 is 2.05 bits per heavy atom. The predicted octanol–water partition coefficient (Wildman–Crippen LogP) is 4.23. The zero-order valence-electron chi connectivity index (χ0n) is 12.2. The van der Waals surface area contributed by atoms with Gasteiger partial charge in [0.05, 0.1) is 11.4 Å². The predicted molar refractivity (Wildman–Crippen MR) is 83.3 cm³/mol. The maximum atomic E-state index is 13.3. The third kappa shape index (κ3) is 3.39. The molecular weight excluding hydrogens is 321 g/mol. The van der Waals surface area contributed by atoms with Crippen LogP contribution in [-0.4, -0.2) is 9.78 Å². The highest BCUT2D eigenvalue weighted by Crippen LogP contribution is 2.27. The van der Waals surface area contributed by atoms with Crippen LogP contribution in [0.5, 0.6) is 0 Å². The molecule has 0 saturated heterocycles. The fourth-order valence-corrected chi connectivity index (χ4v) is 2.51. The molecule has 0 unspecified atom stereocenters. The molecule has 0 amide bonds. The Bertz CT molecular complexity index is 614. The van der Waals surface area contributed by atoms with Gasteiger partial charge in [0, 0.05) is 35.2 Å². The van der Waals surface area contributed by atoms with Crippen molar-refractivity contribution in [1.29, 1.82) is 0 Å². The number of benzene rings is 1. The Kier molecular flexibility index (Phi) is 4.18. The first-order valence-electron chi connectivity index (χ1n) is 6.49. The summed E-state index contributed by atoms with van der Waals surface area (Å²) in [7, 11) is 1.91. The summed E-state index contributed by atoms with van der Waals surface area (Å²) in [4.78, 5) is 0. The van der Waals surface area contributed by atoms with E-state index >= 15 is 0 Å². The summed E-state index contributed by atoms with van der Waals surface area (Å²) in [6.07, 6.45) is 2.00. The molecule has 2 rings (SSSR count). The van der Waals surface area contributed by atoms with E-state index in [-0.39, 0.29) is 11.2 Å². The maximum Gasteiger partial charge on any atom is 0.125 e. The summed E-state index contributed by atoms with van der Waals surface area (Å²) in [5.41, 5.74) is 2.90. The van der Waals surface area contributed by atoms with Crippen LogP contribution in [0.3, 0.4) is 0 Å². The second-order valence-corrected chi connectivity index (χ2v) is 6.76. The summed E-state index contributed by atoms with van der Waals surface area (Å²) in [5, 5.41) is 7.78. The van der Waals surface area contributed by atoms with Crippen molar-refractivity contribution in [1.82, 2.24) is 9.78 Å². The number of halogens is 2. The molecule has 0 atom stereocenters. The number of hydrogen-bond donors (Lipinski definition) is 1. The minimum absolute atomic E-state index is 0.0164. The van der Waals surface area contributed by atoms with Gasteiger partial charge in [-0.1, -0.05) is 20.8 Å². The highest BCUT2D eigenvalue weighted by Gasteiger charge is 2.21. The Hall–Kier alpha value is -1.36. The van der Waals surface area contributed by atoms with Crippen molar-refractivity contribution in [2.45, 2.75) is 32.7 Å². The minimum atomic E-state index is -0.252. The number of aryl methyl sites for hydroxylation is 1. The first-order chi connectivity index (χ1) is 9.27. The molecule has 0 aliphatic rings. The first kappa shape index (κ1) is 15.0. The van der Waals surface area contributed by atoms with Gasteiger partial charge >= 0.3 is 0 Å². The molecule has 0 bridgehead atoms. The van der Waals surface area contributed by atoms with Crippen LogP contribution in [0.4, 0.5) is 10.1 Å². The van der Waals surface area contributed by atoms with Crippen LogP contribution in [0.25, 0.3) is 0 Å². The van der Waals surface area contributed by atoms with Crippen LogP contribution in [-0.2, 0) is 19.0 Å². The molecule has 20 heavy (non-hydrogen) atoms. The van der Waals surface area contributed by atoms with Gasteiger partial charge in [-0.15, -0.1) is 0 Å². The third-order valence-electron chi connectivity index (χ3n) is 3.01. The lowest BCUT2D eigenvalue weighted by molar-refractivity contribution is 0.549. The molecule has 0 aliphatic heterocycles. The van der Waals surface area contributed by atoms with Crippen LogP contribution in [0, 0.1) is 5.82 Å². The van der Waals surface area contributed by atoms with Gasteiger partial charge in [0.2, 0.25) is 0 Å². The maximum absolute atomic E-state index is 13.3. The van der Waals surface area contributed by atoms with E-state index in [9.17, 15) is 4.39 Å². The molecule has 0 radical (unpaired) electrons. The highest BCUT2D eigenvalue weighted by molar-refractivity contribution is 9.10. The van der Waals surface area contributed by atoms with Gasteiger partial charge < -0.3 is 5.32 Å². The number of nitrogens with one attached hydrogen (secondary N) is 1. The van der Waals surface area contributed by atoms with Crippen LogP contribution >= 0.6 is 15.9 Å². The molecule has 1 aromatic carbocycles. The van der Waals surface area contributed by atoms with E-state index in [0.29, 0.717) is 6.54 Å². The lowest BCUT2D eigenvalue weighted by Crippen LogP contribution is -2.16. The van der Waals surface area contributed by atoms with E-state index in [1.54, 1.807) is 6.07 Å². The molecule has 3 nitrogen and oxygen atoms in total. The van der Waals surface area contributed by atoms with E-state index in [0.717, 1.165) is 21.4 Å². The Balaban J connectivity index is 2.21. The van der Waals surface area contributed by atoms with Crippen molar-refractivity contribution >= 4 is 21.6 Å². The lowest BCUT2D eigenvalue weighted by atomic mass is 9.89. The van der Waals surface area contributed by atoms with Crippen molar-refractivity contribution in [3.8, 4) is 0 Å². The molecule has 1 heterocycles. The molecule has 0 aliphatic carbocycles. The largest absolute Gasteiger partial charge is 0.380 e. The standard InChI is InChI=1S/C15H19BrFN3/c1-15(2,3)14-10(9-20(4)19-14)8-18-13-7-11(17)5-6-12(13)16/h5-7,9,18H,8H2,1-4H3. The fourth-order valence-electron chi connectivity index (χ4n) is 2.12. The monoisotopic (exact) mass is 339 g/mol. The van der Waals surface area contributed by atoms with Crippen molar-refractivity contribution in [2.75, 3.05) is 5.32 Å². The van der Waals surface area contributed by atoms with Crippen LogP contribution in [0.15, 0.2) is 28.9 Å². The number of rotatable bonds is 3. The van der Waals surface area contributed by atoms with Gasteiger partial charge in [-0.05, 0) is 34.1 Å². The average molecular weight is 340 g/mol. The fraction of sp³-hybridized carbons (Fsp3) is 0.400. The second kappa shape index (κ2) is 5.56. The summed E-state index contributed by atoms with van der Waals surface area (Å²) < 4.78 is 15.9. The van der Waals surface area contributed by atoms with Gasteiger partial charge in [-0.25, -0.2) is 4.39 Å². The molecule has 0 saturated carbocycles. The SMILES string of the molecule is Cn1cc(CNc2cc(F)ccc2Br)c(C(C)(C)C)n1. The van der Waals surface area contributed by atoms with Crippen LogP contribution < -0.4 is 5.32 Å². The van der Waals surface area contributed by atoms with Crippen LogP contribution in [0.2, 0.25) is 0 Å². The molecular formula is C15H19BrFN3. The smallest absolute Gasteiger partial charge is 0.125 e.